The molecule has 0 radical (unpaired) electrons. The Morgan fingerprint density at radius 1 is 1.07 bits per heavy atom. The molecular weight excluding hydrogens is 377 g/mol. The molecule has 136 valence electrons. The molecule has 2 N–H and O–H groups in total. The fraction of sp³-hybridized carbons (Fsp3) is 0.0556. The van der Waals surface area contributed by atoms with Crippen LogP contribution in [0.15, 0.2) is 47.8 Å². The van der Waals surface area contributed by atoms with Gasteiger partial charge in [0.15, 0.2) is 0 Å². The molecular formula is C18H11F3N4OS. The van der Waals surface area contributed by atoms with Gasteiger partial charge in [0.25, 0.3) is 0 Å². The van der Waals surface area contributed by atoms with Gasteiger partial charge in [0.2, 0.25) is 5.91 Å². The lowest BCUT2D eigenvalue weighted by molar-refractivity contribution is -0.113. The number of thioether (sulfide) groups is 1. The number of carbonyl (C=O) groups excluding carboxylic acids is 1. The highest BCUT2D eigenvalue weighted by molar-refractivity contribution is 8.00. The number of fused-ring (bicyclic) bond motifs is 3. The summed E-state index contributed by atoms with van der Waals surface area (Å²) in [4.78, 5) is 23.5. The van der Waals surface area contributed by atoms with Crippen LogP contribution < -0.4 is 5.32 Å². The lowest BCUT2D eigenvalue weighted by Crippen LogP contribution is -2.15. The van der Waals surface area contributed by atoms with E-state index < -0.39 is 17.5 Å². The molecule has 1 amide bonds. The summed E-state index contributed by atoms with van der Waals surface area (Å²) in [5.74, 6) is -2.47. The molecule has 0 unspecified atom stereocenters. The predicted molar refractivity (Wildman–Crippen MR) is 97.1 cm³/mol. The number of nitrogens with zero attached hydrogens (tertiary/aromatic N) is 2. The van der Waals surface area contributed by atoms with Crippen LogP contribution in [0.1, 0.15) is 0 Å². The Morgan fingerprint density at radius 3 is 2.67 bits per heavy atom. The molecule has 27 heavy (non-hydrogen) atoms. The number of anilines is 1. The molecule has 2 aromatic heterocycles. The summed E-state index contributed by atoms with van der Waals surface area (Å²) < 4.78 is 40.0. The number of rotatable bonds is 4. The van der Waals surface area contributed by atoms with E-state index in [0.29, 0.717) is 33.0 Å². The standard InChI is InChI=1S/C18H11F3N4OS/c19-9-1-3-13-11(5-9)16-17(25-13)18(23-8-22-16)27-7-15(26)24-14-4-2-10(20)6-12(14)21/h1-6,8,25H,7H2,(H,24,26). The number of H-pyrrole nitrogens is 1. The van der Waals surface area contributed by atoms with Crippen LogP contribution in [0.25, 0.3) is 21.9 Å². The van der Waals surface area contributed by atoms with Gasteiger partial charge in [0.05, 0.1) is 17.0 Å². The van der Waals surface area contributed by atoms with Crippen LogP contribution in [-0.2, 0) is 4.79 Å². The Morgan fingerprint density at radius 2 is 1.85 bits per heavy atom. The van der Waals surface area contributed by atoms with E-state index in [4.69, 9.17) is 0 Å². The van der Waals surface area contributed by atoms with Crippen molar-refractivity contribution in [2.45, 2.75) is 5.03 Å². The first kappa shape index (κ1) is 17.3. The minimum atomic E-state index is -0.851. The first-order valence-corrected chi connectivity index (χ1v) is 8.79. The van der Waals surface area contributed by atoms with E-state index in [9.17, 15) is 18.0 Å². The molecule has 0 aliphatic rings. The zero-order chi connectivity index (χ0) is 19.0. The fourth-order valence-corrected chi connectivity index (χ4v) is 3.42. The van der Waals surface area contributed by atoms with E-state index in [1.807, 2.05) is 0 Å². The first-order chi connectivity index (χ1) is 13.0. The Labute approximate surface area is 155 Å². The third kappa shape index (κ3) is 3.45. The molecule has 5 nitrogen and oxygen atoms in total. The van der Waals surface area contributed by atoms with Crippen molar-refractivity contribution in [1.82, 2.24) is 15.0 Å². The van der Waals surface area contributed by atoms with Crippen molar-refractivity contribution in [2.75, 3.05) is 11.1 Å². The SMILES string of the molecule is O=C(CSc1ncnc2c1[nH]c1ccc(F)cc12)Nc1ccc(F)cc1F. The summed E-state index contributed by atoms with van der Waals surface area (Å²) in [6.45, 7) is 0. The number of benzene rings is 2. The van der Waals surface area contributed by atoms with Crippen molar-refractivity contribution < 1.29 is 18.0 Å². The molecule has 0 fully saturated rings. The van der Waals surface area contributed by atoms with Gasteiger partial charge in [-0.1, -0.05) is 11.8 Å². The largest absolute Gasteiger partial charge is 0.351 e. The molecule has 4 aromatic rings. The number of halogens is 3. The summed E-state index contributed by atoms with van der Waals surface area (Å²) in [6.07, 6.45) is 1.33. The molecule has 0 atom stereocenters. The van der Waals surface area contributed by atoms with E-state index in [2.05, 4.69) is 20.3 Å². The van der Waals surface area contributed by atoms with Crippen molar-refractivity contribution in [3.63, 3.8) is 0 Å². The highest BCUT2D eigenvalue weighted by Crippen LogP contribution is 2.30. The van der Waals surface area contributed by atoms with E-state index >= 15 is 0 Å². The number of amides is 1. The maximum atomic E-state index is 13.6. The van der Waals surface area contributed by atoms with E-state index in [-0.39, 0.29) is 17.3 Å². The van der Waals surface area contributed by atoms with Crippen molar-refractivity contribution in [2.24, 2.45) is 0 Å². The summed E-state index contributed by atoms with van der Waals surface area (Å²) >= 11 is 1.12. The van der Waals surface area contributed by atoms with Gasteiger partial charge in [-0.25, -0.2) is 23.1 Å². The number of aromatic amines is 1. The number of nitrogens with one attached hydrogen (secondary N) is 2. The molecule has 0 aliphatic heterocycles. The lowest BCUT2D eigenvalue weighted by Gasteiger charge is -2.06. The van der Waals surface area contributed by atoms with Gasteiger partial charge in [-0.2, -0.15) is 0 Å². The van der Waals surface area contributed by atoms with Crippen LogP contribution in [0.3, 0.4) is 0 Å². The van der Waals surface area contributed by atoms with Crippen molar-refractivity contribution in [3.05, 3.63) is 60.2 Å². The molecule has 0 aliphatic carbocycles. The lowest BCUT2D eigenvalue weighted by atomic mass is 10.2. The van der Waals surface area contributed by atoms with Crippen molar-refractivity contribution >= 4 is 45.3 Å². The topological polar surface area (TPSA) is 70.7 Å². The van der Waals surface area contributed by atoms with E-state index in [1.165, 1.54) is 18.5 Å². The summed E-state index contributed by atoms with van der Waals surface area (Å²) in [7, 11) is 0. The predicted octanol–water partition coefficient (Wildman–Crippen LogP) is 4.26. The Kier molecular flexibility index (Phi) is 4.44. The second-order valence-corrected chi connectivity index (χ2v) is 6.64. The van der Waals surface area contributed by atoms with Gasteiger partial charge in [0.1, 0.15) is 34.3 Å². The Hall–Kier alpha value is -3.07. The first-order valence-electron chi connectivity index (χ1n) is 7.81. The summed E-state index contributed by atoms with van der Waals surface area (Å²) in [5, 5.41) is 3.51. The quantitative estimate of drug-likeness (QED) is 0.405. The zero-order valence-electron chi connectivity index (χ0n) is 13.6. The molecule has 0 saturated carbocycles. The highest BCUT2D eigenvalue weighted by Gasteiger charge is 2.14. The maximum Gasteiger partial charge on any atom is 0.234 e. The summed E-state index contributed by atoms with van der Waals surface area (Å²) in [5.41, 5.74) is 1.73. The van der Waals surface area contributed by atoms with Gasteiger partial charge < -0.3 is 10.3 Å². The van der Waals surface area contributed by atoms with Gasteiger partial charge in [-0.15, -0.1) is 0 Å². The average molecular weight is 388 g/mol. The maximum absolute atomic E-state index is 13.6. The molecule has 9 heteroatoms. The van der Waals surface area contributed by atoms with Crippen molar-refractivity contribution in [1.29, 1.82) is 0 Å². The minimum absolute atomic E-state index is 0.0490. The number of carbonyl (C=O) groups is 1. The average Bonchev–Trinajstić information content (AvgIpc) is 3.01. The fourth-order valence-electron chi connectivity index (χ4n) is 2.66. The van der Waals surface area contributed by atoms with Crippen LogP contribution in [0.2, 0.25) is 0 Å². The number of hydrogen-bond acceptors (Lipinski definition) is 4. The van der Waals surface area contributed by atoms with Crippen LogP contribution >= 0.6 is 11.8 Å². The van der Waals surface area contributed by atoms with Crippen molar-refractivity contribution in [3.8, 4) is 0 Å². The van der Waals surface area contributed by atoms with Gasteiger partial charge in [-0.05, 0) is 30.3 Å². The smallest absolute Gasteiger partial charge is 0.234 e. The Bertz CT molecular complexity index is 1180. The van der Waals surface area contributed by atoms with Crippen LogP contribution in [-0.4, -0.2) is 26.6 Å². The second-order valence-electron chi connectivity index (χ2n) is 5.68. The van der Waals surface area contributed by atoms with Crippen LogP contribution in [0.5, 0.6) is 0 Å². The highest BCUT2D eigenvalue weighted by atomic mass is 32.2. The van der Waals surface area contributed by atoms with Gasteiger partial charge >= 0.3 is 0 Å². The number of aromatic nitrogens is 3. The third-order valence-corrected chi connectivity index (χ3v) is 4.84. The third-order valence-electron chi connectivity index (χ3n) is 3.85. The normalized spacial score (nSPS) is 11.2. The van der Waals surface area contributed by atoms with E-state index in [1.54, 1.807) is 6.07 Å². The van der Waals surface area contributed by atoms with Crippen LogP contribution in [0.4, 0.5) is 18.9 Å². The molecule has 0 spiro atoms. The Balaban J connectivity index is 1.55. The van der Waals surface area contributed by atoms with E-state index in [0.717, 1.165) is 23.9 Å². The van der Waals surface area contributed by atoms with Crippen LogP contribution in [0, 0.1) is 17.5 Å². The van der Waals surface area contributed by atoms with Gasteiger partial charge in [0, 0.05) is 17.0 Å². The molecule has 2 heterocycles. The summed E-state index contributed by atoms with van der Waals surface area (Å²) in [6, 6.07) is 7.22. The molecule has 4 rings (SSSR count). The molecule has 0 bridgehead atoms. The molecule has 2 aromatic carbocycles. The van der Waals surface area contributed by atoms with Gasteiger partial charge in [-0.3, -0.25) is 4.79 Å². The minimum Gasteiger partial charge on any atom is -0.351 e. The second kappa shape index (κ2) is 6.92. The number of hydrogen-bond donors (Lipinski definition) is 2. The molecule has 0 saturated heterocycles. The zero-order valence-corrected chi connectivity index (χ0v) is 14.4. The monoisotopic (exact) mass is 388 g/mol.